The van der Waals surface area contributed by atoms with Crippen molar-refractivity contribution in [2.45, 2.75) is 32.9 Å². The summed E-state index contributed by atoms with van der Waals surface area (Å²) < 4.78 is 0. The number of benzene rings is 1. The van der Waals surface area contributed by atoms with Crippen LogP contribution in [0.1, 0.15) is 25.8 Å². The number of rotatable bonds is 5. The Hall–Kier alpha value is -1.59. The summed E-state index contributed by atoms with van der Waals surface area (Å²) in [6.45, 7) is 8.02. The van der Waals surface area contributed by atoms with E-state index in [0.717, 1.165) is 44.7 Å². The van der Waals surface area contributed by atoms with Gasteiger partial charge in [-0.3, -0.25) is 9.69 Å². The Morgan fingerprint density at radius 1 is 1.32 bits per heavy atom. The van der Waals surface area contributed by atoms with E-state index in [2.05, 4.69) is 11.8 Å². The lowest BCUT2D eigenvalue weighted by molar-refractivity contribution is -0.135. The molecule has 0 saturated carbocycles. The minimum atomic E-state index is -0.386. The van der Waals surface area contributed by atoms with Crippen LogP contribution in [0.4, 0.5) is 0 Å². The Bertz CT molecular complexity index is 498. The quantitative estimate of drug-likeness (QED) is 0.863. The molecular formula is C17H27N3O2. The van der Waals surface area contributed by atoms with E-state index < -0.39 is 0 Å². The summed E-state index contributed by atoms with van der Waals surface area (Å²) >= 11 is 0. The number of phenolic OH excluding ortho intramolecular Hbond substituents is 1. The molecule has 0 aromatic heterocycles. The van der Waals surface area contributed by atoms with Crippen LogP contribution in [-0.2, 0) is 11.3 Å². The van der Waals surface area contributed by atoms with Gasteiger partial charge >= 0.3 is 0 Å². The molecular weight excluding hydrogens is 278 g/mol. The molecule has 1 aromatic rings. The average molecular weight is 305 g/mol. The standard InChI is InChI=1S/C17H27N3O2/c1-3-13(2)16(18)17(22)20-9-7-19(8-10-20)12-14-5-4-6-15(21)11-14/h4-6,11,13,16,21H,3,7-10,12,18H2,1-2H3. The molecule has 1 fully saturated rings. The maximum absolute atomic E-state index is 12.4. The molecule has 3 N–H and O–H groups in total. The number of carbonyl (C=O) groups excluding carboxylic acids is 1. The van der Waals surface area contributed by atoms with Crippen LogP contribution in [0.15, 0.2) is 24.3 Å². The number of carbonyl (C=O) groups is 1. The van der Waals surface area contributed by atoms with Crippen molar-refractivity contribution < 1.29 is 9.90 Å². The van der Waals surface area contributed by atoms with Gasteiger partial charge in [-0.25, -0.2) is 0 Å². The van der Waals surface area contributed by atoms with Gasteiger partial charge in [0, 0.05) is 32.7 Å². The summed E-state index contributed by atoms with van der Waals surface area (Å²) in [5.41, 5.74) is 7.14. The van der Waals surface area contributed by atoms with Crippen molar-refractivity contribution in [3.8, 4) is 5.75 Å². The fourth-order valence-electron chi connectivity index (χ4n) is 2.75. The highest BCUT2D eigenvalue weighted by Crippen LogP contribution is 2.15. The molecule has 0 bridgehead atoms. The topological polar surface area (TPSA) is 69.8 Å². The largest absolute Gasteiger partial charge is 0.508 e. The third-order valence-corrected chi connectivity index (χ3v) is 4.54. The zero-order chi connectivity index (χ0) is 16.1. The molecule has 1 aliphatic heterocycles. The van der Waals surface area contributed by atoms with Crippen LogP contribution in [-0.4, -0.2) is 53.0 Å². The second kappa shape index (κ2) is 7.61. The van der Waals surface area contributed by atoms with Gasteiger partial charge in [0.05, 0.1) is 6.04 Å². The van der Waals surface area contributed by atoms with Gasteiger partial charge in [0.15, 0.2) is 0 Å². The van der Waals surface area contributed by atoms with Crippen molar-refractivity contribution in [1.29, 1.82) is 0 Å². The Labute approximate surface area is 132 Å². The van der Waals surface area contributed by atoms with Crippen LogP contribution >= 0.6 is 0 Å². The second-order valence-electron chi connectivity index (χ2n) is 6.18. The smallest absolute Gasteiger partial charge is 0.239 e. The first kappa shape index (κ1) is 16.8. The van der Waals surface area contributed by atoms with Crippen LogP contribution in [0.5, 0.6) is 5.75 Å². The molecule has 5 nitrogen and oxygen atoms in total. The van der Waals surface area contributed by atoms with E-state index in [4.69, 9.17) is 5.73 Å². The zero-order valence-electron chi connectivity index (χ0n) is 13.5. The van der Waals surface area contributed by atoms with Crippen LogP contribution < -0.4 is 5.73 Å². The Kier molecular flexibility index (Phi) is 5.80. The highest BCUT2D eigenvalue weighted by atomic mass is 16.3. The molecule has 2 unspecified atom stereocenters. The molecule has 22 heavy (non-hydrogen) atoms. The fraction of sp³-hybridized carbons (Fsp3) is 0.588. The lowest BCUT2D eigenvalue weighted by Gasteiger charge is -2.36. The summed E-state index contributed by atoms with van der Waals surface area (Å²) in [5, 5.41) is 9.51. The van der Waals surface area contributed by atoms with Crippen LogP contribution in [0, 0.1) is 5.92 Å². The van der Waals surface area contributed by atoms with E-state index >= 15 is 0 Å². The summed E-state index contributed by atoms with van der Waals surface area (Å²) in [6, 6.07) is 6.95. The number of hydrogen-bond donors (Lipinski definition) is 2. The first-order chi connectivity index (χ1) is 10.5. The van der Waals surface area contributed by atoms with Crippen molar-refractivity contribution in [2.75, 3.05) is 26.2 Å². The molecule has 0 radical (unpaired) electrons. The Morgan fingerprint density at radius 3 is 2.59 bits per heavy atom. The normalized spacial score (nSPS) is 19.0. The van der Waals surface area contributed by atoms with Gasteiger partial charge in [0.2, 0.25) is 5.91 Å². The monoisotopic (exact) mass is 305 g/mol. The lowest BCUT2D eigenvalue weighted by Crippen LogP contribution is -2.54. The summed E-state index contributed by atoms with van der Waals surface area (Å²) in [7, 11) is 0. The molecule has 1 heterocycles. The maximum atomic E-state index is 12.4. The Balaban J connectivity index is 1.84. The molecule has 0 aliphatic carbocycles. The van der Waals surface area contributed by atoms with E-state index in [1.165, 1.54) is 0 Å². The van der Waals surface area contributed by atoms with E-state index in [1.807, 2.05) is 24.0 Å². The van der Waals surface area contributed by atoms with Crippen molar-refractivity contribution in [3.63, 3.8) is 0 Å². The third-order valence-electron chi connectivity index (χ3n) is 4.54. The van der Waals surface area contributed by atoms with E-state index in [9.17, 15) is 9.90 Å². The summed E-state index contributed by atoms with van der Waals surface area (Å²) in [5.74, 6) is 0.593. The molecule has 2 atom stereocenters. The fourth-order valence-corrected chi connectivity index (χ4v) is 2.75. The maximum Gasteiger partial charge on any atom is 0.239 e. The predicted molar refractivity (Wildman–Crippen MR) is 87.4 cm³/mol. The highest BCUT2D eigenvalue weighted by molar-refractivity contribution is 5.82. The number of amides is 1. The molecule has 1 amide bonds. The molecule has 122 valence electrons. The van der Waals surface area contributed by atoms with Gasteiger partial charge in [-0.2, -0.15) is 0 Å². The number of phenols is 1. The van der Waals surface area contributed by atoms with Gasteiger partial charge in [-0.15, -0.1) is 0 Å². The van der Waals surface area contributed by atoms with Gasteiger partial charge in [-0.1, -0.05) is 32.4 Å². The summed E-state index contributed by atoms with van der Waals surface area (Å²) in [6.07, 6.45) is 0.921. The van der Waals surface area contributed by atoms with Crippen molar-refractivity contribution >= 4 is 5.91 Å². The van der Waals surface area contributed by atoms with Crippen LogP contribution in [0.25, 0.3) is 0 Å². The summed E-state index contributed by atoms with van der Waals surface area (Å²) in [4.78, 5) is 16.5. The van der Waals surface area contributed by atoms with Crippen molar-refractivity contribution in [1.82, 2.24) is 9.80 Å². The molecule has 1 aliphatic rings. The molecule has 1 saturated heterocycles. The van der Waals surface area contributed by atoms with Gasteiger partial charge < -0.3 is 15.7 Å². The first-order valence-corrected chi connectivity index (χ1v) is 8.06. The van der Waals surface area contributed by atoms with E-state index in [1.54, 1.807) is 12.1 Å². The first-order valence-electron chi connectivity index (χ1n) is 8.06. The number of hydrogen-bond acceptors (Lipinski definition) is 4. The molecule has 5 heteroatoms. The number of nitrogens with two attached hydrogens (primary N) is 1. The molecule has 1 aromatic carbocycles. The predicted octanol–water partition coefficient (Wildman–Crippen LogP) is 1.41. The number of nitrogens with zero attached hydrogens (tertiary/aromatic N) is 2. The van der Waals surface area contributed by atoms with E-state index in [-0.39, 0.29) is 17.9 Å². The minimum Gasteiger partial charge on any atom is -0.508 e. The number of piperazine rings is 1. The molecule has 2 rings (SSSR count). The Morgan fingerprint density at radius 2 is 2.00 bits per heavy atom. The highest BCUT2D eigenvalue weighted by Gasteiger charge is 2.27. The van der Waals surface area contributed by atoms with Gasteiger partial charge in [-0.05, 0) is 23.6 Å². The van der Waals surface area contributed by atoms with Crippen molar-refractivity contribution in [2.24, 2.45) is 11.7 Å². The van der Waals surface area contributed by atoms with Crippen LogP contribution in [0.3, 0.4) is 0 Å². The van der Waals surface area contributed by atoms with Crippen LogP contribution in [0.2, 0.25) is 0 Å². The lowest BCUT2D eigenvalue weighted by atomic mass is 9.98. The van der Waals surface area contributed by atoms with Crippen molar-refractivity contribution in [3.05, 3.63) is 29.8 Å². The van der Waals surface area contributed by atoms with E-state index in [0.29, 0.717) is 5.75 Å². The number of aromatic hydroxyl groups is 1. The average Bonchev–Trinajstić information content (AvgIpc) is 2.53. The minimum absolute atomic E-state index is 0.0753. The SMILES string of the molecule is CCC(C)C(N)C(=O)N1CCN(Cc2cccc(O)c2)CC1. The van der Waals surface area contributed by atoms with Gasteiger partial charge in [0.1, 0.15) is 5.75 Å². The third kappa shape index (κ3) is 4.21. The zero-order valence-corrected chi connectivity index (χ0v) is 13.5. The molecule has 0 spiro atoms. The van der Waals surface area contributed by atoms with Gasteiger partial charge in [0.25, 0.3) is 0 Å². The second-order valence-corrected chi connectivity index (χ2v) is 6.18.